The summed E-state index contributed by atoms with van der Waals surface area (Å²) in [6.45, 7) is 2.09. The normalized spacial score (nSPS) is 14.6. The molecule has 1 aromatic carbocycles. The van der Waals surface area contributed by atoms with E-state index in [4.69, 9.17) is 4.98 Å². The van der Waals surface area contributed by atoms with E-state index in [0.29, 0.717) is 6.04 Å². The molecule has 0 N–H and O–H groups in total. The number of hydrogen-bond acceptors (Lipinski definition) is 4. The van der Waals surface area contributed by atoms with E-state index in [1.54, 1.807) is 11.8 Å². The molecule has 1 aliphatic rings. The van der Waals surface area contributed by atoms with Crippen LogP contribution in [-0.4, -0.2) is 9.55 Å². The van der Waals surface area contributed by atoms with Gasteiger partial charge in [-0.3, -0.25) is 9.36 Å². The maximum absolute atomic E-state index is 12.7. The number of thiophene rings is 1. The highest BCUT2D eigenvalue weighted by molar-refractivity contribution is 7.98. The van der Waals surface area contributed by atoms with Crippen LogP contribution in [0.5, 0.6) is 0 Å². The van der Waals surface area contributed by atoms with E-state index in [1.807, 2.05) is 16.0 Å². The van der Waals surface area contributed by atoms with Crippen molar-refractivity contribution in [2.24, 2.45) is 0 Å². The van der Waals surface area contributed by atoms with Gasteiger partial charge in [-0.05, 0) is 36.8 Å². The Bertz CT molecular complexity index is 876. The third-order valence-corrected chi connectivity index (χ3v) is 5.80. The largest absolute Gasteiger partial charge is 0.283 e. The maximum atomic E-state index is 12.7. The van der Waals surface area contributed by atoms with Gasteiger partial charge in [0.1, 0.15) is 4.70 Å². The molecular formula is C17H16N2OS2. The number of hydrogen-bond donors (Lipinski definition) is 0. The Labute approximate surface area is 137 Å². The Morgan fingerprint density at radius 2 is 2.05 bits per heavy atom. The summed E-state index contributed by atoms with van der Waals surface area (Å²) < 4.78 is 2.70. The standard InChI is InChI=1S/C17H16N2OS2/c1-11-2-4-12(5-3-11)10-22-17-18-14-8-9-21-15(14)16(20)19(17)13-6-7-13/h2-5,8-9,13H,6-7,10H2,1H3. The molecule has 2 aromatic heterocycles. The lowest BCUT2D eigenvalue weighted by molar-refractivity contribution is 0.619. The minimum absolute atomic E-state index is 0.133. The molecule has 5 heteroatoms. The predicted molar refractivity (Wildman–Crippen MR) is 92.9 cm³/mol. The molecule has 0 radical (unpaired) electrons. The molecule has 3 aromatic rings. The number of aromatic nitrogens is 2. The molecule has 3 nitrogen and oxygen atoms in total. The lowest BCUT2D eigenvalue weighted by Crippen LogP contribution is -2.21. The lowest BCUT2D eigenvalue weighted by Gasteiger charge is -2.11. The molecule has 0 unspecified atom stereocenters. The van der Waals surface area contributed by atoms with Crippen molar-refractivity contribution in [1.29, 1.82) is 0 Å². The average Bonchev–Trinajstić information content (AvgIpc) is 3.23. The monoisotopic (exact) mass is 328 g/mol. The Morgan fingerprint density at radius 3 is 2.77 bits per heavy atom. The van der Waals surface area contributed by atoms with Crippen LogP contribution in [0.4, 0.5) is 0 Å². The van der Waals surface area contributed by atoms with Gasteiger partial charge in [-0.2, -0.15) is 0 Å². The number of aryl methyl sites for hydroxylation is 1. The average molecular weight is 328 g/mol. The first-order valence-corrected chi connectivity index (χ1v) is 9.27. The molecule has 0 spiro atoms. The van der Waals surface area contributed by atoms with Crippen LogP contribution >= 0.6 is 23.1 Å². The highest BCUT2D eigenvalue weighted by Crippen LogP contribution is 2.37. The highest BCUT2D eigenvalue weighted by Gasteiger charge is 2.28. The zero-order valence-corrected chi connectivity index (χ0v) is 13.9. The molecule has 1 fully saturated rings. The topological polar surface area (TPSA) is 34.9 Å². The molecule has 0 bridgehead atoms. The Balaban J connectivity index is 1.69. The summed E-state index contributed by atoms with van der Waals surface area (Å²) in [6.07, 6.45) is 2.19. The number of rotatable bonds is 4. The molecule has 0 atom stereocenters. The summed E-state index contributed by atoms with van der Waals surface area (Å²) in [6, 6.07) is 10.8. The molecule has 1 saturated carbocycles. The Kier molecular flexibility index (Phi) is 3.54. The van der Waals surface area contributed by atoms with Gasteiger partial charge in [0.05, 0.1) is 5.52 Å². The van der Waals surface area contributed by atoms with E-state index in [1.165, 1.54) is 22.5 Å². The van der Waals surface area contributed by atoms with Crippen LogP contribution in [0.1, 0.15) is 30.0 Å². The SMILES string of the molecule is Cc1ccc(CSc2nc3ccsc3c(=O)n2C2CC2)cc1. The van der Waals surface area contributed by atoms with E-state index in [0.717, 1.165) is 34.0 Å². The smallest absolute Gasteiger partial charge is 0.272 e. The van der Waals surface area contributed by atoms with Crippen molar-refractivity contribution in [3.8, 4) is 0 Å². The van der Waals surface area contributed by atoms with Crippen molar-refractivity contribution in [3.63, 3.8) is 0 Å². The van der Waals surface area contributed by atoms with E-state index < -0.39 is 0 Å². The number of nitrogens with zero attached hydrogens (tertiary/aromatic N) is 2. The van der Waals surface area contributed by atoms with Crippen molar-refractivity contribution in [3.05, 3.63) is 57.2 Å². The molecule has 22 heavy (non-hydrogen) atoms. The first-order chi connectivity index (χ1) is 10.7. The second-order valence-corrected chi connectivity index (χ2v) is 7.57. The Hall–Kier alpha value is -1.59. The van der Waals surface area contributed by atoms with E-state index >= 15 is 0 Å². The fourth-order valence-electron chi connectivity index (χ4n) is 2.49. The highest BCUT2D eigenvalue weighted by atomic mass is 32.2. The van der Waals surface area contributed by atoms with Gasteiger partial charge >= 0.3 is 0 Å². The van der Waals surface area contributed by atoms with Crippen molar-refractivity contribution < 1.29 is 0 Å². The summed E-state index contributed by atoms with van der Waals surface area (Å²) in [4.78, 5) is 17.4. The predicted octanol–water partition coefficient (Wildman–Crippen LogP) is 4.39. The van der Waals surface area contributed by atoms with Gasteiger partial charge in [0, 0.05) is 11.8 Å². The van der Waals surface area contributed by atoms with Crippen molar-refractivity contribution in [2.45, 2.75) is 36.7 Å². The maximum Gasteiger partial charge on any atom is 0.272 e. The third-order valence-electron chi connectivity index (χ3n) is 3.88. The van der Waals surface area contributed by atoms with Crippen molar-refractivity contribution in [1.82, 2.24) is 9.55 Å². The summed E-state index contributed by atoms with van der Waals surface area (Å²) in [5, 5.41) is 2.81. The second kappa shape index (κ2) is 5.56. The first kappa shape index (κ1) is 14.0. The molecule has 112 valence electrons. The van der Waals surface area contributed by atoms with Crippen LogP contribution in [0, 0.1) is 6.92 Å². The summed E-state index contributed by atoms with van der Waals surface area (Å²) in [5.41, 5.74) is 3.49. The number of fused-ring (bicyclic) bond motifs is 1. The molecular weight excluding hydrogens is 312 g/mol. The third kappa shape index (κ3) is 2.59. The van der Waals surface area contributed by atoms with Crippen molar-refractivity contribution >= 4 is 33.3 Å². The van der Waals surface area contributed by atoms with Gasteiger partial charge in [0.2, 0.25) is 0 Å². The summed E-state index contributed by atoms with van der Waals surface area (Å²) in [7, 11) is 0. The molecule has 0 aliphatic heterocycles. The Morgan fingerprint density at radius 1 is 1.27 bits per heavy atom. The van der Waals surface area contributed by atoms with Gasteiger partial charge in [-0.15, -0.1) is 11.3 Å². The quantitative estimate of drug-likeness (QED) is 0.526. The van der Waals surface area contributed by atoms with E-state index in [9.17, 15) is 4.79 Å². The molecule has 2 heterocycles. The van der Waals surface area contributed by atoms with E-state index in [-0.39, 0.29) is 5.56 Å². The van der Waals surface area contributed by atoms with Crippen LogP contribution < -0.4 is 5.56 Å². The second-order valence-electron chi connectivity index (χ2n) is 5.71. The van der Waals surface area contributed by atoms with Gasteiger partial charge < -0.3 is 0 Å². The van der Waals surface area contributed by atoms with Crippen LogP contribution in [0.15, 0.2) is 45.7 Å². The lowest BCUT2D eigenvalue weighted by atomic mass is 10.2. The summed E-state index contributed by atoms with van der Waals surface area (Å²) in [5.74, 6) is 0.842. The molecule has 0 saturated heterocycles. The molecule has 0 amide bonds. The van der Waals surface area contributed by atoms with Gasteiger partial charge in [-0.25, -0.2) is 4.98 Å². The van der Waals surface area contributed by atoms with Crippen molar-refractivity contribution in [2.75, 3.05) is 0 Å². The van der Waals surface area contributed by atoms with Gasteiger partial charge in [0.15, 0.2) is 5.16 Å². The number of thioether (sulfide) groups is 1. The number of benzene rings is 1. The van der Waals surface area contributed by atoms with E-state index in [2.05, 4.69) is 31.2 Å². The first-order valence-electron chi connectivity index (χ1n) is 7.40. The van der Waals surface area contributed by atoms with Crippen LogP contribution in [0.25, 0.3) is 10.2 Å². The zero-order valence-electron chi connectivity index (χ0n) is 12.3. The summed E-state index contributed by atoms with van der Waals surface area (Å²) >= 11 is 3.16. The zero-order chi connectivity index (χ0) is 15.1. The van der Waals surface area contributed by atoms with Gasteiger partial charge in [0.25, 0.3) is 5.56 Å². The fraction of sp³-hybridized carbons (Fsp3) is 0.294. The van der Waals surface area contributed by atoms with Gasteiger partial charge in [-0.1, -0.05) is 41.6 Å². The van der Waals surface area contributed by atoms with Crippen LogP contribution in [0.3, 0.4) is 0 Å². The minimum atomic E-state index is 0.133. The molecule has 1 aliphatic carbocycles. The van der Waals surface area contributed by atoms with Crippen LogP contribution in [-0.2, 0) is 5.75 Å². The molecule has 4 rings (SSSR count). The minimum Gasteiger partial charge on any atom is -0.283 e. The fourth-order valence-corrected chi connectivity index (χ4v) is 4.28. The van der Waals surface area contributed by atoms with Crippen LogP contribution in [0.2, 0.25) is 0 Å².